The van der Waals surface area contributed by atoms with Crippen LogP contribution in [0, 0.1) is 0 Å². The SMILES string of the molecule is CC(C)(O)C(=O)O.CC[C@H](O)C(=O)O. The van der Waals surface area contributed by atoms with Gasteiger partial charge in [-0.05, 0) is 20.3 Å². The van der Waals surface area contributed by atoms with Gasteiger partial charge in [0.2, 0.25) is 0 Å². The Morgan fingerprint density at radius 1 is 1.29 bits per heavy atom. The minimum Gasteiger partial charge on any atom is -0.479 e. The van der Waals surface area contributed by atoms with Crippen molar-refractivity contribution < 1.29 is 30.0 Å². The highest BCUT2D eigenvalue weighted by Crippen LogP contribution is 1.97. The second-order valence-electron chi connectivity index (χ2n) is 3.13. The van der Waals surface area contributed by atoms with E-state index in [1.807, 2.05) is 0 Å². The van der Waals surface area contributed by atoms with E-state index in [0.29, 0.717) is 0 Å². The Bertz CT molecular complexity index is 192. The van der Waals surface area contributed by atoms with Gasteiger partial charge in [-0.25, -0.2) is 9.59 Å². The van der Waals surface area contributed by atoms with Gasteiger partial charge in [-0.2, -0.15) is 0 Å². The number of hydrogen-bond acceptors (Lipinski definition) is 4. The molecule has 0 aromatic rings. The lowest BCUT2D eigenvalue weighted by Gasteiger charge is -2.07. The average Bonchev–Trinajstić information content (AvgIpc) is 2.02. The van der Waals surface area contributed by atoms with E-state index >= 15 is 0 Å². The van der Waals surface area contributed by atoms with E-state index in [-0.39, 0.29) is 6.42 Å². The first-order valence-corrected chi connectivity index (χ1v) is 3.99. The number of carboxylic acid groups (broad SMARTS) is 2. The van der Waals surface area contributed by atoms with Crippen molar-refractivity contribution in [2.24, 2.45) is 0 Å². The fourth-order valence-electron chi connectivity index (χ4n) is 0.175. The van der Waals surface area contributed by atoms with Crippen molar-refractivity contribution in [3.63, 3.8) is 0 Å². The minimum absolute atomic E-state index is 0.273. The summed E-state index contributed by atoms with van der Waals surface area (Å²) in [7, 11) is 0. The Morgan fingerprint density at radius 3 is 1.57 bits per heavy atom. The molecule has 0 saturated carbocycles. The van der Waals surface area contributed by atoms with E-state index < -0.39 is 23.6 Å². The lowest BCUT2D eigenvalue weighted by atomic mass is 10.1. The van der Waals surface area contributed by atoms with Crippen LogP contribution >= 0.6 is 0 Å². The number of hydrogen-bond donors (Lipinski definition) is 4. The summed E-state index contributed by atoms with van der Waals surface area (Å²) < 4.78 is 0. The first kappa shape index (κ1) is 15.3. The molecule has 84 valence electrons. The zero-order valence-electron chi connectivity index (χ0n) is 8.39. The van der Waals surface area contributed by atoms with Crippen LogP contribution < -0.4 is 0 Å². The number of carbonyl (C=O) groups is 2. The molecule has 1 atom stereocenters. The molecule has 0 bridgehead atoms. The first-order chi connectivity index (χ1) is 6.12. The second kappa shape index (κ2) is 6.33. The van der Waals surface area contributed by atoms with Crippen LogP contribution in [0.2, 0.25) is 0 Å². The monoisotopic (exact) mass is 208 g/mol. The van der Waals surface area contributed by atoms with Crippen LogP contribution in [0.4, 0.5) is 0 Å². The number of aliphatic carboxylic acids is 2. The molecular weight excluding hydrogens is 192 g/mol. The van der Waals surface area contributed by atoms with Crippen molar-refractivity contribution in [2.45, 2.75) is 38.9 Å². The minimum atomic E-state index is -1.58. The summed E-state index contributed by atoms with van der Waals surface area (Å²) in [5.41, 5.74) is -1.58. The molecule has 0 aromatic heterocycles. The van der Waals surface area contributed by atoms with Gasteiger partial charge in [-0.15, -0.1) is 0 Å². The predicted molar refractivity (Wildman–Crippen MR) is 47.9 cm³/mol. The van der Waals surface area contributed by atoms with Crippen LogP contribution in [0.1, 0.15) is 27.2 Å². The van der Waals surface area contributed by atoms with Crippen molar-refractivity contribution in [3.8, 4) is 0 Å². The van der Waals surface area contributed by atoms with Gasteiger partial charge < -0.3 is 20.4 Å². The summed E-state index contributed by atoms with van der Waals surface area (Å²) in [6.45, 7) is 4.05. The maximum Gasteiger partial charge on any atom is 0.335 e. The van der Waals surface area contributed by atoms with Gasteiger partial charge >= 0.3 is 11.9 Å². The van der Waals surface area contributed by atoms with Crippen molar-refractivity contribution in [1.82, 2.24) is 0 Å². The summed E-state index contributed by atoms with van der Waals surface area (Å²) in [4.78, 5) is 19.5. The van der Waals surface area contributed by atoms with Gasteiger partial charge in [0.05, 0.1) is 0 Å². The number of aliphatic hydroxyl groups excluding tert-OH is 1. The van der Waals surface area contributed by atoms with Gasteiger partial charge in [-0.3, -0.25) is 0 Å². The molecule has 0 fully saturated rings. The van der Waals surface area contributed by atoms with Gasteiger partial charge in [0.1, 0.15) is 0 Å². The van der Waals surface area contributed by atoms with Crippen LogP contribution in [0.3, 0.4) is 0 Å². The van der Waals surface area contributed by atoms with Crippen molar-refractivity contribution in [3.05, 3.63) is 0 Å². The predicted octanol–water partition coefficient (Wildman–Crippen LogP) is -0.316. The van der Waals surface area contributed by atoms with E-state index in [4.69, 9.17) is 20.4 Å². The van der Waals surface area contributed by atoms with Crippen LogP contribution in [-0.2, 0) is 9.59 Å². The van der Waals surface area contributed by atoms with Crippen LogP contribution in [0.15, 0.2) is 0 Å². The lowest BCUT2D eigenvalue weighted by molar-refractivity contribution is -0.154. The average molecular weight is 208 g/mol. The van der Waals surface area contributed by atoms with Crippen LogP contribution in [0.25, 0.3) is 0 Å². The molecule has 0 spiro atoms. The maximum absolute atomic E-state index is 9.77. The molecule has 0 aliphatic rings. The fourth-order valence-corrected chi connectivity index (χ4v) is 0.175. The Morgan fingerprint density at radius 2 is 1.57 bits per heavy atom. The van der Waals surface area contributed by atoms with Crippen molar-refractivity contribution >= 4 is 11.9 Å². The van der Waals surface area contributed by atoms with E-state index in [1.54, 1.807) is 6.92 Å². The highest BCUT2D eigenvalue weighted by Gasteiger charge is 2.21. The molecule has 6 heteroatoms. The second-order valence-corrected chi connectivity index (χ2v) is 3.13. The summed E-state index contributed by atoms with van der Waals surface area (Å²) >= 11 is 0. The topological polar surface area (TPSA) is 115 Å². The normalized spacial score (nSPS) is 12.4. The molecule has 14 heavy (non-hydrogen) atoms. The third kappa shape index (κ3) is 8.95. The van der Waals surface area contributed by atoms with Crippen molar-refractivity contribution in [2.75, 3.05) is 0 Å². The molecule has 0 amide bonds. The molecule has 0 saturated heterocycles. The van der Waals surface area contributed by atoms with Gasteiger partial charge in [0.15, 0.2) is 11.7 Å². The summed E-state index contributed by atoms with van der Waals surface area (Å²) in [5.74, 6) is -2.35. The smallest absolute Gasteiger partial charge is 0.335 e. The summed E-state index contributed by atoms with van der Waals surface area (Å²) in [6.07, 6.45) is -0.907. The lowest BCUT2D eigenvalue weighted by Crippen LogP contribution is -2.30. The van der Waals surface area contributed by atoms with Crippen LogP contribution in [-0.4, -0.2) is 44.1 Å². The Kier molecular flexibility index (Phi) is 6.94. The molecule has 0 heterocycles. The van der Waals surface area contributed by atoms with Gasteiger partial charge in [0, 0.05) is 0 Å². The molecule has 4 N–H and O–H groups in total. The van der Waals surface area contributed by atoms with E-state index in [2.05, 4.69) is 0 Å². The molecule has 0 rings (SSSR count). The number of carboxylic acids is 2. The quantitative estimate of drug-likeness (QED) is 0.505. The van der Waals surface area contributed by atoms with Gasteiger partial charge in [-0.1, -0.05) is 6.92 Å². The largest absolute Gasteiger partial charge is 0.479 e. The number of aliphatic hydroxyl groups is 2. The zero-order valence-corrected chi connectivity index (χ0v) is 8.39. The van der Waals surface area contributed by atoms with Gasteiger partial charge in [0.25, 0.3) is 0 Å². The van der Waals surface area contributed by atoms with Crippen molar-refractivity contribution in [1.29, 1.82) is 0 Å². The molecule has 0 aliphatic carbocycles. The van der Waals surface area contributed by atoms with E-state index in [9.17, 15) is 9.59 Å². The summed E-state index contributed by atoms with van der Waals surface area (Å²) in [5, 5.41) is 32.8. The third-order valence-corrected chi connectivity index (χ3v) is 1.20. The van der Waals surface area contributed by atoms with Crippen LogP contribution in [0.5, 0.6) is 0 Å². The third-order valence-electron chi connectivity index (χ3n) is 1.20. The Labute approximate surface area is 81.8 Å². The summed E-state index contributed by atoms with van der Waals surface area (Å²) in [6, 6.07) is 0. The molecule has 6 nitrogen and oxygen atoms in total. The highest BCUT2D eigenvalue weighted by molar-refractivity contribution is 5.75. The Hall–Kier alpha value is -1.14. The molecule has 0 radical (unpaired) electrons. The van der Waals surface area contributed by atoms with E-state index in [0.717, 1.165) is 0 Å². The molecule has 0 aliphatic heterocycles. The van der Waals surface area contributed by atoms with E-state index in [1.165, 1.54) is 13.8 Å². The maximum atomic E-state index is 9.77. The molecule has 0 aromatic carbocycles. The molecule has 0 unspecified atom stereocenters. The zero-order chi connectivity index (χ0) is 11.9. The fraction of sp³-hybridized carbons (Fsp3) is 0.750. The Balaban J connectivity index is 0. The highest BCUT2D eigenvalue weighted by atomic mass is 16.4. The standard InChI is InChI=1S/2C4H8O3/c1-4(2,7)3(5)6;1-2-3(5)4(6)7/h7H,1-2H3,(H,5,6);3,5H,2H2,1H3,(H,6,7)/t;3-/m.0/s1. The molecular formula is C8H16O6. The number of rotatable bonds is 3. The first-order valence-electron chi connectivity index (χ1n) is 3.99.